The number of nitro groups is 1. The monoisotopic (exact) mass is 326 g/mol. The van der Waals surface area contributed by atoms with Crippen molar-refractivity contribution in [1.82, 2.24) is 4.90 Å². The van der Waals surface area contributed by atoms with Crippen LogP contribution in [0.1, 0.15) is 27.6 Å². The van der Waals surface area contributed by atoms with Crippen LogP contribution in [0.2, 0.25) is 0 Å². The first-order valence-electron chi connectivity index (χ1n) is 7.77. The Morgan fingerprint density at radius 1 is 1.25 bits per heavy atom. The minimum Gasteiger partial charge on any atom is -0.370 e. The molecular formula is C18H18N2O4. The van der Waals surface area contributed by atoms with Crippen molar-refractivity contribution in [2.75, 3.05) is 19.7 Å². The molecule has 24 heavy (non-hydrogen) atoms. The van der Waals surface area contributed by atoms with Crippen molar-refractivity contribution in [2.45, 2.75) is 13.0 Å². The van der Waals surface area contributed by atoms with Crippen LogP contribution in [0.4, 0.5) is 5.69 Å². The molecule has 2 aromatic carbocycles. The average Bonchev–Trinajstić information content (AvgIpc) is 2.61. The van der Waals surface area contributed by atoms with Gasteiger partial charge in [-0.1, -0.05) is 30.3 Å². The number of hydrogen-bond donors (Lipinski definition) is 0. The summed E-state index contributed by atoms with van der Waals surface area (Å²) in [5, 5.41) is 10.9. The number of benzene rings is 2. The second-order valence-corrected chi connectivity index (χ2v) is 5.78. The standard InChI is InChI=1S/C18H18N2O4/c1-13-11-15(7-8-16(13)20(22)23)18(21)19-9-10-24-17(12-19)14-5-3-2-4-6-14/h2-8,11,17H,9-10,12H2,1H3/t17-/m0/s1. The highest BCUT2D eigenvalue weighted by molar-refractivity contribution is 5.94. The van der Waals surface area contributed by atoms with Crippen LogP contribution >= 0.6 is 0 Å². The molecule has 2 aromatic rings. The highest BCUT2D eigenvalue weighted by atomic mass is 16.6. The lowest BCUT2D eigenvalue weighted by atomic mass is 10.1. The van der Waals surface area contributed by atoms with Crippen LogP contribution in [0, 0.1) is 17.0 Å². The molecule has 0 aromatic heterocycles. The summed E-state index contributed by atoms with van der Waals surface area (Å²) in [6, 6.07) is 14.3. The fourth-order valence-electron chi connectivity index (χ4n) is 2.88. The van der Waals surface area contributed by atoms with Crippen molar-refractivity contribution in [3.8, 4) is 0 Å². The Morgan fingerprint density at radius 2 is 2.00 bits per heavy atom. The van der Waals surface area contributed by atoms with Crippen molar-refractivity contribution in [3.63, 3.8) is 0 Å². The lowest BCUT2D eigenvalue weighted by Crippen LogP contribution is -2.42. The summed E-state index contributed by atoms with van der Waals surface area (Å²) < 4.78 is 5.77. The van der Waals surface area contributed by atoms with Crippen LogP contribution in [-0.4, -0.2) is 35.4 Å². The van der Waals surface area contributed by atoms with Crippen LogP contribution in [0.5, 0.6) is 0 Å². The van der Waals surface area contributed by atoms with Crippen molar-refractivity contribution in [3.05, 3.63) is 75.3 Å². The van der Waals surface area contributed by atoms with Crippen LogP contribution in [0.15, 0.2) is 48.5 Å². The number of carbonyl (C=O) groups excluding carboxylic acids is 1. The highest BCUT2D eigenvalue weighted by Gasteiger charge is 2.26. The zero-order valence-electron chi connectivity index (χ0n) is 13.3. The number of rotatable bonds is 3. The number of aryl methyl sites for hydroxylation is 1. The molecule has 0 N–H and O–H groups in total. The normalized spacial score (nSPS) is 17.5. The molecule has 1 amide bonds. The van der Waals surface area contributed by atoms with Crippen LogP contribution in [0.3, 0.4) is 0 Å². The Hall–Kier alpha value is -2.73. The molecule has 1 heterocycles. The lowest BCUT2D eigenvalue weighted by Gasteiger charge is -2.33. The fraction of sp³-hybridized carbons (Fsp3) is 0.278. The van der Waals surface area contributed by atoms with Crippen molar-refractivity contribution < 1.29 is 14.5 Å². The van der Waals surface area contributed by atoms with Gasteiger partial charge in [-0.05, 0) is 24.6 Å². The first kappa shape index (κ1) is 16.1. The fourth-order valence-corrected chi connectivity index (χ4v) is 2.88. The van der Waals surface area contributed by atoms with E-state index in [0.29, 0.717) is 30.8 Å². The number of nitro benzene ring substituents is 1. The molecule has 3 rings (SSSR count). The van der Waals surface area contributed by atoms with Gasteiger partial charge in [-0.15, -0.1) is 0 Å². The summed E-state index contributed by atoms with van der Waals surface area (Å²) in [5.74, 6) is -0.128. The predicted molar refractivity (Wildman–Crippen MR) is 88.9 cm³/mol. The van der Waals surface area contributed by atoms with Crippen LogP contribution < -0.4 is 0 Å². The minimum atomic E-state index is -0.441. The van der Waals surface area contributed by atoms with Crippen LogP contribution in [0.25, 0.3) is 0 Å². The van der Waals surface area contributed by atoms with Gasteiger partial charge in [0.1, 0.15) is 6.10 Å². The molecule has 0 aliphatic carbocycles. The Balaban J connectivity index is 1.77. The molecule has 1 fully saturated rings. The predicted octanol–water partition coefficient (Wildman–Crippen LogP) is 3.12. The number of ether oxygens (including phenoxy) is 1. The highest BCUT2D eigenvalue weighted by Crippen LogP contribution is 2.24. The quantitative estimate of drug-likeness (QED) is 0.642. The van der Waals surface area contributed by atoms with Crippen molar-refractivity contribution in [2.24, 2.45) is 0 Å². The summed E-state index contributed by atoms with van der Waals surface area (Å²) in [7, 11) is 0. The molecule has 1 atom stereocenters. The summed E-state index contributed by atoms with van der Waals surface area (Å²) in [4.78, 5) is 24.9. The molecule has 0 unspecified atom stereocenters. The zero-order valence-corrected chi connectivity index (χ0v) is 13.3. The van der Waals surface area contributed by atoms with E-state index in [0.717, 1.165) is 5.56 Å². The van der Waals surface area contributed by atoms with Gasteiger partial charge in [0.25, 0.3) is 11.6 Å². The van der Waals surface area contributed by atoms with E-state index in [2.05, 4.69) is 0 Å². The lowest BCUT2D eigenvalue weighted by molar-refractivity contribution is -0.385. The Kier molecular flexibility index (Phi) is 4.57. The van der Waals surface area contributed by atoms with E-state index in [1.165, 1.54) is 12.1 Å². The van der Waals surface area contributed by atoms with Gasteiger partial charge in [-0.2, -0.15) is 0 Å². The summed E-state index contributed by atoms with van der Waals surface area (Å²) in [5.41, 5.74) is 2.01. The third kappa shape index (κ3) is 3.28. The second kappa shape index (κ2) is 6.80. The van der Waals surface area contributed by atoms with Gasteiger partial charge in [-0.3, -0.25) is 14.9 Å². The zero-order chi connectivity index (χ0) is 17.1. The first-order valence-corrected chi connectivity index (χ1v) is 7.77. The third-order valence-electron chi connectivity index (χ3n) is 4.17. The molecule has 1 aliphatic rings. The SMILES string of the molecule is Cc1cc(C(=O)N2CCO[C@H](c3ccccc3)C2)ccc1[N+](=O)[O-]. The van der Waals surface area contributed by atoms with Crippen molar-refractivity contribution in [1.29, 1.82) is 0 Å². The van der Waals surface area contributed by atoms with Gasteiger partial charge in [-0.25, -0.2) is 0 Å². The molecule has 0 saturated carbocycles. The Bertz CT molecular complexity index is 761. The molecule has 6 nitrogen and oxygen atoms in total. The topological polar surface area (TPSA) is 72.7 Å². The first-order chi connectivity index (χ1) is 11.6. The van der Waals surface area contributed by atoms with E-state index in [-0.39, 0.29) is 17.7 Å². The number of nitrogens with zero attached hydrogens (tertiary/aromatic N) is 2. The molecule has 1 aliphatic heterocycles. The molecular weight excluding hydrogens is 308 g/mol. The maximum absolute atomic E-state index is 12.7. The third-order valence-corrected chi connectivity index (χ3v) is 4.17. The summed E-state index contributed by atoms with van der Waals surface area (Å²) in [6.45, 7) is 3.09. The minimum absolute atomic E-state index is 0.0238. The van der Waals surface area contributed by atoms with Gasteiger partial charge in [0.2, 0.25) is 0 Å². The molecule has 1 saturated heterocycles. The van der Waals surface area contributed by atoms with Gasteiger partial charge < -0.3 is 9.64 Å². The molecule has 6 heteroatoms. The number of hydrogen-bond acceptors (Lipinski definition) is 4. The van der Waals surface area contributed by atoms with E-state index in [1.807, 2.05) is 30.3 Å². The number of amides is 1. The van der Waals surface area contributed by atoms with E-state index < -0.39 is 4.92 Å². The maximum Gasteiger partial charge on any atom is 0.272 e. The van der Waals surface area contributed by atoms with E-state index in [4.69, 9.17) is 4.74 Å². The molecule has 0 spiro atoms. The van der Waals surface area contributed by atoms with Gasteiger partial charge >= 0.3 is 0 Å². The van der Waals surface area contributed by atoms with Gasteiger partial charge in [0, 0.05) is 23.7 Å². The second-order valence-electron chi connectivity index (χ2n) is 5.78. The Labute approximate surface area is 139 Å². The van der Waals surface area contributed by atoms with Crippen molar-refractivity contribution >= 4 is 11.6 Å². The van der Waals surface area contributed by atoms with E-state index in [1.54, 1.807) is 17.9 Å². The average molecular weight is 326 g/mol. The number of carbonyl (C=O) groups is 1. The summed E-state index contributed by atoms with van der Waals surface area (Å²) >= 11 is 0. The Morgan fingerprint density at radius 3 is 2.67 bits per heavy atom. The largest absolute Gasteiger partial charge is 0.370 e. The van der Waals surface area contributed by atoms with Gasteiger partial charge in [0.15, 0.2) is 0 Å². The van der Waals surface area contributed by atoms with Gasteiger partial charge in [0.05, 0.1) is 18.1 Å². The maximum atomic E-state index is 12.7. The molecule has 0 bridgehead atoms. The smallest absolute Gasteiger partial charge is 0.272 e. The number of morpholine rings is 1. The van der Waals surface area contributed by atoms with Crippen LogP contribution in [-0.2, 0) is 4.74 Å². The van der Waals surface area contributed by atoms with E-state index >= 15 is 0 Å². The summed E-state index contributed by atoms with van der Waals surface area (Å²) in [6.07, 6.45) is -0.150. The molecule has 0 radical (unpaired) electrons. The van der Waals surface area contributed by atoms with E-state index in [9.17, 15) is 14.9 Å². The molecule has 124 valence electrons.